The summed E-state index contributed by atoms with van der Waals surface area (Å²) in [5.74, 6) is -0.449. The molecule has 0 saturated heterocycles. The first-order valence-corrected chi connectivity index (χ1v) is 5.36. The van der Waals surface area contributed by atoms with Crippen LogP contribution < -0.4 is 0 Å². The van der Waals surface area contributed by atoms with E-state index in [0.29, 0.717) is 0 Å². The Hall–Kier alpha value is 0.0500. The molecular formula is C10H11Cl3O. The van der Waals surface area contributed by atoms with Crippen LogP contribution in [0.2, 0.25) is 0 Å². The van der Waals surface area contributed by atoms with Gasteiger partial charge in [-0.15, -0.1) is 0 Å². The molecule has 0 radical (unpaired) electrons. The molecule has 0 aromatic heterocycles. The van der Waals surface area contributed by atoms with E-state index in [1.165, 1.54) is 0 Å². The number of benzene rings is 1. The maximum absolute atomic E-state index is 9.87. The number of rotatable bonds is 2. The number of alkyl halides is 3. The number of hydrogen-bond acceptors (Lipinski definition) is 1. The van der Waals surface area contributed by atoms with Crippen LogP contribution in [0.3, 0.4) is 0 Å². The zero-order chi connectivity index (χ0) is 10.8. The fourth-order valence-corrected chi connectivity index (χ4v) is 1.48. The summed E-state index contributed by atoms with van der Waals surface area (Å²) < 4.78 is -1.45. The summed E-state index contributed by atoms with van der Waals surface area (Å²) >= 11 is 17.1. The molecule has 0 aliphatic heterocycles. The van der Waals surface area contributed by atoms with E-state index >= 15 is 0 Å². The molecule has 0 unspecified atom stereocenters. The van der Waals surface area contributed by atoms with Crippen molar-refractivity contribution in [2.24, 2.45) is 5.92 Å². The van der Waals surface area contributed by atoms with E-state index in [1.54, 1.807) is 19.1 Å². The van der Waals surface area contributed by atoms with E-state index < -0.39 is 15.8 Å². The Balaban J connectivity index is 2.81. The smallest absolute Gasteiger partial charge is 0.195 e. The summed E-state index contributed by atoms with van der Waals surface area (Å²) in [4.78, 5) is 0. The second-order valence-electron chi connectivity index (χ2n) is 3.19. The maximum atomic E-state index is 9.87. The molecule has 0 heterocycles. The van der Waals surface area contributed by atoms with Crippen LogP contribution in [-0.2, 0) is 0 Å². The van der Waals surface area contributed by atoms with Crippen molar-refractivity contribution in [3.05, 3.63) is 35.9 Å². The molecule has 1 rings (SSSR count). The van der Waals surface area contributed by atoms with Crippen molar-refractivity contribution in [2.75, 3.05) is 0 Å². The van der Waals surface area contributed by atoms with E-state index in [-0.39, 0.29) is 0 Å². The Kier molecular flexibility index (Phi) is 4.08. The van der Waals surface area contributed by atoms with Crippen LogP contribution >= 0.6 is 34.8 Å². The predicted octanol–water partition coefficient (Wildman–Crippen LogP) is 3.73. The third kappa shape index (κ3) is 3.03. The molecule has 1 N–H and O–H groups in total. The number of aliphatic hydroxyl groups excluding tert-OH is 1. The van der Waals surface area contributed by atoms with Gasteiger partial charge in [0.25, 0.3) is 0 Å². The molecule has 0 saturated carbocycles. The normalized spacial score (nSPS) is 16.4. The average Bonchev–Trinajstić information content (AvgIpc) is 2.15. The van der Waals surface area contributed by atoms with Gasteiger partial charge in [0.05, 0.1) is 6.10 Å². The second-order valence-corrected chi connectivity index (χ2v) is 5.55. The van der Waals surface area contributed by atoms with Crippen LogP contribution in [-0.4, -0.2) is 8.90 Å². The van der Waals surface area contributed by atoms with E-state index in [9.17, 15) is 5.11 Å². The van der Waals surface area contributed by atoms with Gasteiger partial charge >= 0.3 is 0 Å². The molecule has 0 bridgehead atoms. The molecule has 0 amide bonds. The van der Waals surface area contributed by atoms with Gasteiger partial charge in [0, 0.05) is 5.92 Å². The van der Waals surface area contributed by atoms with Crippen molar-refractivity contribution in [2.45, 2.75) is 16.8 Å². The molecule has 0 aliphatic carbocycles. The Morgan fingerprint density at radius 1 is 1.14 bits per heavy atom. The van der Waals surface area contributed by atoms with Gasteiger partial charge in [0.2, 0.25) is 0 Å². The van der Waals surface area contributed by atoms with Gasteiger partial charge < -0.3 is 5.11 Å². The Labute approximate surface area is 98.6 Å². The molecule has 1 aromatic carbocycles. The monoisotopic (exact) mass is 252 g/mol. The van der Waals surface area contributed by atoms with Gasteiger partial charge in [-0.25, -0.2) is 0 Å². The maximum Gasteiger partial charge on any atom is 0.195 e. The van der Waals surface area contributed by atoms with Crippen LogP contribution in [0.1, 0.15) is 18.6 Å². The van der Waals surface area contributed by atoms with Crippen LogP contribution in [0.4, 0.5) is 0 Å². The summed E-state index contributed by atoms with van der Waals surface area (Å²) in [5.41, 5.74) is 0.756. The van der Waals surface area contributed by atoms with Gasteiger partial charge in [0.15, 0.2) is 3.79 Å². The lowest BCUT2D eigenvalue weighted by Crippen LogP contribution is -2.23. The fourth-order valence-electron chi connectivity index (χ4n) is 1.12. The Morgan fingerprint density at radius 2 is 1.64 bits per heavy atom. The van der Waals surface area contributed by atoms with E-state index in [1.807, 2.05) is 18.2 Å². The minimum atomic E-state index is -1.45. The van der Waals surface area contributed by atoms with E-state index in [4.69, 9.17) is 34.8 Å². The minimum Gasteiger partial charge on any atom is -0.388 e. The first-order chi connectivity index (χ1) is 6.43. The van der Waals surface area contributed by atoms with Crippen molar-refractivity contribution in [3.8, 4) is 0 Å². The first kappa shape index (κ1) is 12.1. The Bertz CT molecular complexity index is 281. The summed E-state index contributed by atoms with van der Waals surface area (Å²) in [6, 6.07) is 9.15. The molecule has 2 atom stereocenters. The second kappa shape index (κ2) is 4.71. The molecule has 1 nitrogen and oxygen atoms in total. The van der Waals surface area contributed by atoms with E-state index in [2.05, 4.69) is 0 Å². The van der Waals surface area contributed by atoms with Gasteiger partial charge in [-0.05, 0) is 5.56 Å². The van der Waals surface area contributed by atoms with Gasteiger partial charge in [-0.3, -0.25) is 0 Å². The van der Waals surface area contributed by atoms with Crippen LogP contribution in [0.5, 0.6) is 0 Å². The average molecular weight is 254 g/mol. The summed E-state index contributed by atoms with van der Waals surface area (Å²) in [5, 5.41) is 9.87. The van der Waals surface area contributed by atoms with Crippen molar-refractivity contribution >= 4 is 34.8 Å². The molecule has 0 aliphatic rings. The molecule has 14 heavy (non-hydrogen) atoms. The standard InChI is InChI=1S/C10H11Cl3O/c1-7(10(11,12)13)9(14)8-5-3-2-4-6-8/h2-7,9,14H,1H3/t7-,9+/m0/s1. The lowest BCUT2D eigenvalue weighted by molar-refractivity contribution is 0.119. The third-order valence-electron chi connectivity index (χ3n) is 2.13. The zero-order valence-corrected chi connectivity index (χ0v) is 9.89. The van der Waals surface area contributed by atoms with Gasteiger partial charge in [-0.1, -0.05) is 72.1 Å². The number of halogens is 3. The molecular weight excluding hydrogens is 242 g/mol. The zero-order valence-electron chi connectivity index (χ0n) is 7.62. The Morgan fingerprint density at radius 3 is 2.07 bits per heavy atom. The minimum absolute atomic E-state index is 0.449. The number of hydrogen-bond donors (Lipinski definition) is 1. The molecule has 0 spiro atoms. The largest absolute Gasteiger partial charge is 0.388 e. The van der Waals surface area contributed by atoms with Gasteiger partial charge in [-0.2, -0.15) is 0 Å². The molecule has 1 aromatic rings. The lowest BCUT2D eigenvalue weighted by atomic mass is 9.99. The van der Waals surface area contributed by atoms with Crippen molar-refractivity contribution in [1.29, 1.82) is 0 Å². The van der Waals surface area contributed by atoms with Crippen LogP contribution in [0.15, 0.2) is 30.3 Å². The number of aliphatic hydroxyl groups is 1. The SMILES string of the molecule is C[C@@H]([C@@H](O)c1ccccc1)C(Cl)(Cl)Cl. The van der Waals surface area contributed by atoms with Crippen molar-refractivity contribution < 1.29 is 5.11 Å². The highest BCUT2D eigenvalue weighted by atomic mass is 35.6. The highest BCUT2D eigenvalue weighted by Crippen LogP contribution is 2.41. The van der Waals surface area contributed by atoms with Crippen molar-refractivity contribution in [3.63, 3.8) is 0 Å². The lowest BCUT2D eigenvalue weighted by Gasteiger charge is -2.25. The fraction of sp³-hybridized carbons (Fsp3) is 0.400. The molecule has 4 heteroatoms. The topological polar surface area (TPSA) is 20.2 Å². The summed E-state index contributed by atoms with van der Waals surface area (Å²) in [6.07, 6.45) is -0.760. The quantitative estimate of drug-likeness (QED) is 0.797. The highest BCUT2D eigenvalue weighted by Gasteiger charge is 2.34. The van der Waals surface area contributed by atoms with Crippen molar-refractivity contribution in [1.82, 2.24) is 0 Å². The van der Waals surface area contributed by atoms with Crippen LogP contribution in [0.25, 0.3) is 0 Å². The third-order valence-corrected chi connectivity index (χ3v) is 3.16. The summed E-state index contributed by atoms with van der Waals surface area (Å²) in [6.45, 7) is 1.70. The van der Waals surface area contributed by atoms with Gasteiger partial charge in [0.1, 0.15) is 0 Å². The van der Waals surface area contributed by atoms with E-state index in [0.717, 1.165) is 5.56 Å². The summed E-state index contributed by atoms with van der Waals surface area (Å²) in [7, 11) is 0. The predicted molar refractivity (Wildman–Crippen MR) is 60.9 cm³/mol. The van der Waals surface area contributed by atoms with Crippen LogP contribution in [0, 0.1) is 5.92 Å². The highest BCUT2D eigenvalue weighted by molar-refractivity contribution is 6.67. The first-order valence-electron chi connectivity index (χ1n) is 4.22. The molecule has 0 fully saturated rings. The molecule has 78 valence electrons.